The van der Waals surface area contributed by atoms with Gasteiger partial charge in [-0.1, -0.05) is 53.5 Å². The van der Waals surface area contributed by atoms with E-state index >= 15 is 0 Å². The van der Waals surface area contributed by atoms with Gasteiger partial charge in [0.25, 0.3) is 0 Å². The molecule has 7 nitrogen and oxygen atoms in total. The minimum Gasteiger partial charge on any atom is -0.441 e. The third-order valence-corrected chi connectivity index (χ3v) is 4.07. The number of amides is 1. The second-order valence-corrected chi connectivity index (χ2v) is 6.18. The first-order valence-corrected chi connectivity index (χ1v) is 9.13. The number of nitrogens with zero attached hydrogens (tertiary/aromatic N) is 1. The van der Waals surface area contributed by atoms with E-state index in [1.54, 1.807) is 13.8 Å². The van der Waals surface area contributed by atoms with Gasteiger partial charge < -0.3 is 9.26 Å². The molecule has 1 N–H and O–H groups in total. The summed E-state index contributed by atoms with van der Waals surface area (Å²) in [6, 6.07) is 16.9. The average molecular weight is 438 g/mol. The molecule has 1 atom stereocenters. The van der Waals surface area contributed by atoms with Gasteiger partial charge in [-0.2, -0.15) is 15.2 Å². The van der Waals surface area contributed by atoms with Crippen LogP contribution >= 0.6 is 0 Å². The molecule has 2 aromatic carbocycles. The summed E-state index contributed by atoms with van der Waals surface area (Å²) >= 11 is 0. The molecule has 0 bridgehead atoms. The normalized spacial score (nSPS) is 9.94. The van der Waals surface area contributed by atoms with E-state index in [0.717, 1.165) is 16.7 Å². The fourth-order valence-corrected chi connectivity index (χ4v) is 2.49. The van der Waals surface area contributed by atoms with Crippen LogP contribution in [0.3, 0.4) is 0 Å². The van der Waals surface area contributed by atoms with Crippen LogP contribution in [0.15, 0.2) is 59.1 Å². The molecule has 0 saturated heterocycles. The molecular formula is C24H19N2NaO5. The first kappa shape index (κ1) is 26.6. The number of aryl methyl sites for hydroxylation is 1. The molecule has 1 aromatic heterocycles. The van der Waals surface area contributed by atoms with Crippen molar-refractivity contribution < 1.29 is 53.2 Å². The standard InChI is InChI=1S/C23H19N2O3.CO2.Na/c1-4-18-10-12-19(13-11-18)14-15-21-22(16(2)25-28-21)24-23(26)27-17(3)20-8-6-5-7-9-20;2-1-3;/h1,4-13,17H,2-3H3,(H,24,26);;/q-1;;+1/t17-;;/m1../s1. The number of aromatic nitrogens is 1. The first-order chi connectivity index (χ1) is 15.0. The van der Waals surface area contributed by atoms with E-state index in [0.29, 0.717) is 11.4 Å². The number of rotatable bonds is 4. The zero-order valence-corrected chi connectivity index (χ0v) is 19.9. The molecule has 0 fully saturated rings. The molecule has 0 aliphatic heterocycles. The van der Waals surface area contributed by atoms with E-state index in [2.05, 4.69) is 22.3 Å². The van der Waals surface area contributed by atoms with Crippen molar-refractivity contribution in [2.24, 2.45) is 0 Å². The van der Waals surface area contributed by atoms with Gasteiger partial charge in [-0.3, -0.25) is 11.9 Å². The van der Waals surface area contributed by atoms with Crippen LogP contribution in [0.25, 0.3) is 6.08 Å². The zero-order chi connectivity index (χ0) is 22.6. The van der Waals surface area contributed by atoms with Crippen molar-refractivity contribution in [2.75, 3.05) is 5.32 Å². The zero-order valence-electron chi connectivity index (χ0n) is 17.9. The van der Waals surface area contributed by atoms with Crippen molar-refractivity contribution in [3.05, 3.63) is 89.3 Å². The first-order valence-electron chi connectivity index (χ1n) is 9.13. The van der Waals surface area contributed by atoms with E-state index < -0.39 is 12.2 Å². The Bertz CT molecular complexity index is 1120. The van der Waals surface area contributed by atoms with Crippen molar-refractivity contribution >= 4 is 24.0 Å². The molecule has 0 spiro atoms. The summed E-state index contributed by atoms with van der Waals surface area (Å²) in [6.07, 6.45) is 0.767. The molecule has 0 unspecified atom stereocenters. The summed E-state index contributed by atoms with van der Waals surface area (Å²) < 4.78 is 10.7. The summed E-state index contributed by atoms with van der Waals surface area (Å²) in [4.78, 5) is 28.5. The molecule has 1 heterocycles. The Labute approximate surface area is 208 Å². The number of ether oxygens (including phenoxy) is 1. The number of hydrogen-bond donors (Lipinski definition) is 1. The number of carbonyl (C=O) groups excluding carboxylic acids is 3. The second-order valence-electron chi connectivity index (χ2n) is 6.18. The Balaban J connectivity index is 0.00000121. The molecule has 0 aliphatic rings. The van der Waals surface area contributed by atoms with E-state index in [1.807, 2.05) is 54.6 Å². The molecule has 0 aliphatic carbocycles. The summed E-state index contributed by atoms with van der Waals surface area (Å²) in [5.41, 5.74) is 3.49. The quantitative estimate of drug-likeness (QED) is 0.377. The van der Waals surface area contributed by atoms with Crippen molar-refractivity contribution in [2.45, 2.75) is 20.0 Å². The number of benzene rings is 2. The van der Waals surface area contributed by atoms with Gasteiger partial charge in [0.1, 0.15) is 17.5 Å². The van der Waals surface area contributed by atoms with Gasteiger partial charge in [0, 0.05) is 5.56 Å². The van der Waals surface area contributed by atoms with Gasteiger partial charge in [0.05, 0.1) is 0 Å². The third kappa shape index (κ3) is 8.03. The van der Waals surface area contributed by atoms with Crippen LogP contribution in [0.2, 0.25) is 0 Å². The van der Waals surface area contributed by atoms with Crippen LogP contribution in [0.4, 0.5) is 10.5 Å². The van der Waals surface area contributed by atoms with Crippen LogP contribution < -0.4 is 34.9 Å². The Kier molecular flexibility index (Phi) is 11.5. The summed E-state index contributed by atoms with van der Waals surface area (Å²) in [7, 11) is 0. The molecule has 0 radical (unpaired) electrons. The Hall–Kier alpha value is -3.40. The van der Waals surface area contributed by atoms with Crippen LogP contribution in [-0.2, 0) is 14.3 Å². The molecule has 0 saturated carbocycles. The summed E-state index contributed by atoms with van der Waals surface area (Å²) in [6.45, 7) is 8.99. The maximum absolute atomic E-state index is 12.3. The Morgan fingerprint density at radius 2 is 1.75 bits per heavy atom. The number of nitrogens with one attached hydrogen (secondary N) is 1. The van der Waals surface area contributed by atoms with Crippen LogP contribution in [-0.4, -0.2) is 17.4 Å². The molecule has 1 amide bonds. The Morgan fingerprint density at radius 3 is 2.34 bits per heavy atom. The van der Waals surface area contributed by atoms with E-state index in [1.165, 1.54) is 6.08 Å². The van der Waals surface area contributed by atoms with Gasteiger partial charge in [0.2, 0.25) is 5.76 Å². The number of hydrogen-bond acceptors (Lipinski definition) is 6. The third-order valence-electron chi connectivity index (χ3n) is 4.07. The minimum atomic E-state index is -0.603. The number of carbonyl (C=O) groups is 1. The SMILES string of the molecule is O=C=O.[CH-]=Cc1ccc(C#Cc2onc(C)c2NC(=O)O[C@H](C)c2ccccc2)cc1.[Na+]. The second kappa shape index (κ2) is 13.8. The maximum Gasteiger partial charge on any atom is 1.00 e. The van der Waals surface area contributed by atoms with E-state index in [-0.39, 0.29) is 41.5 Å². The largest absolute Gasteiger partial charge is 1.00 e. The molecule has 3 rings (SSSR count). The van der Waals surface area contributed by atoms with E-state index in [4.69, 9.17) is 25.4 Å². The monoisotopic (exact) mass is 438 g/mol. The molecule has 8 heteroatoms. The van der Waals surface area contributed by atoms with Crippen molar-refractivity contribution in [1.29, 1.82) is 0 Å². The summed E-state index contributed by atoms with van der Waals surface area (Å²) in [5, 5.41) is 6.55. The van der Waals surface area contributed by atoms with Crippen molar-refractivity contribution in [3.8, 4) is 11.8 Å². The smallest absolute Gasteiger partial charge is 0.441 e. The molecular weight excluding hydrogens is 419 g/mol. The molecule has 156 valence electrons. The fraction of sp³-hybridized carbons (Fsp3) is 0.125. The predicted molar refractivity (Wildman–Crippen MR) is 112 cm³/mol. The van der Waals surface area contributed by atoms with Gasteiger partial charge in [0.15, 0.2) is 0 Å². The maximum atomic E-state index is 12.3. The van der Waals surface area contributed by atoms with Gasteiger partial charge in [-0.25, -0.2) is 10.9 Å². The predicted octanol–water partition coefficient (Wildman–Crippen LogP) is 1.56. The van der Waals surface area contributed by atoms with Gasteiger partial charge in [-0.05, 0) is 25.3 Å². The molecule has 3 aromatic rings. The van der Waals surface area contributed by atoms with Crippen LogP contribution in [0.5, 0.6) is 0 Å². The fourth-order valence-electron chi connectivity index (χ4n) is 2.49. The van der Waals surface area contributed by atoms with Crippen molar-refractivity contribution in [3.63, 3.8) is 0 Å². The van der Waals surface area contributed by atoms with Crippen LogP contribution in [0.1, 0.15) is 41.2 Å². The average Bonchev–Trinajstić information content (AvgIpc) is 3.13. The minimum absolute atomic E-state index is 0. The topological polar surface area (TPSA) is 98.5 Å². The summed E-state index contributed by atoms with van der Waals surface area (Å²) in [5.74, 6) is 6.12. The van der Waals surface area contributed by atoms with Gasteiger partial charge >= 0.3 is 41.8 Å². The number of anilines is 1. The van der Waals surface area contributed by atoms with Crippen molar-refractivity contribution in [1.82, 2.24) is 5.16 Å². The Morgan fingerprint density at radius 1 is 1.12 bits per heavy atom. The molecule has 32 heavy (non-hydrogen) atoms. The van der Waals surface area contributed by atoms with Crippen LogP contribution in [0, 0.1) is 25.3 Å². The van der Waals surface area contributed by atoms with E-state index in [9.17, 15) is 4.79 Å². The van der Waals surface area contributed by atoms with Gasteiger partial charge in [-0.15, -0.1) is 12.1 Å².